The Balaban J connectivity index is 2.16. The van der Waals surface area contributed by atoms with Crippen molar-refractivity contribution in [2.75, 3.05) is 0 Å². The zero-order chi connectivity index (χ0) is 15.4. The lowest BCUT2D eigenvalue weighted by Crippen LogP contribution is -2.21. The lowest BCUT2D eigenvalue weighted by atomic mass is 10.00. The van der Waals surface area contributed by atoms with E-state index in [-0.39, 0.29) is 11.9 Å². The first-order chi connectivity index (χ1) is 9.97. The summed E-state index contributed by atoms with van der Waals surface area (Å²) in [5, 5.41) is 0. The summed E-state index contributed by atoms with van der Waals surface area (Å²) in [6.07, 6.45) is 1.81. The molecule has 0 saturated carbocycles. The first-order valence-electron chi connectivity index (χ1n) is 6.97. The molecule has 2 rings (SSSR count). The molecule has 2 N–H and O–H groups in total. The largest absolute Gasteiger partial charge is 0.457 e. The van der Waals surface area contributed by atoms with Gasteiger partial charge in [0.1, 0.15) is 17.3 Å². The predicted molar refractivity (Wildman–Crippen MR) is 87.3 cm³/mol. The summed E-state index contributed by atoms with van der Waals surface area (Å²) in [7, 11) is 0. The molecule has 0 spiro atoms. The van der Waals surface area contributed by atoms with Gasteiger partial charge in [-0.25, -0.2) is 4.39 Å². The van der Waals surface area contributed by atoms with Crippen molar-refractivity contribution >= 4 is 15.9 Å². The zero-order valence-corrected chi connectivity index (χ0v) is 13.8. The van der Waals surface area contributed by atoms with Crippen LogP contribution in [0, 0.1) is 12.7 Å². The zero-order valence-electron chi connectivity index (χ0n) is 12.2. The van der Waals surface area contributed by atoms with Crippen molar-refractivity contribution < 1.29 is 9.13 Å². The molecule has 2 aromatic rings. The quantitative estimate of drug-likeness (QED) is 0.825. The van der Waals surface area contributed by atoms with Gasteiger partial charge in [-0.1, -0.05) is 28.9 Å². The summed E-state index contributed by atoms with van der Waals surface area (Å²) in [5.41, 5.74) is 8.34. The highest BCUT2D eigenvalue weighted by atomic mass is 79.9. The predicted octanol–water partition coefficient (Wildman–Crippen LogP) is 4.97. The summed E-state index contributed by atoms with van der Waals surface area (Å²) in [6, 6.07) is 10.5. The highest BCUT2D eigenvalue weighted by Crippen LogP contribution is 2.27. The SMILES string of the molecule is CCC(N)Cc1ccc(Oc2cc(F)cc(Br)c2)cc1C. The van der Waals surface area contributed by atoms with E-state index in [0.29, 0.717) is 16.0 Å². The molecule has 0 saturated heterocycles. The van der Waals surface area contributed by atoms with Crippen LogP contribution in [-0.2, 0) is 6.42 Å². The molecular weight excluding hydrogens is 333 g/mol. The maximum atomic E-state index is 13.3. The fourth-order valence-electron chi connectivity index (χ4n) is 2.11. The van der Waals surface area contributed by atoms with E-state index in [0.717, 1.165) is 18.4 Å². The van der Waals surface area contributed by atoms with Crippen LogP contribution in [0.3, 0.4) is 0 Å². The number of rotatable bonds is 5. The Kier molecular flexibility index (Phi) is 5.37. The van der Waals surface area contributed by atoms with Crippen LogP contribution >= 0.6 is 15.9 Å². The summed E-state index contributed by atoms with van der Waals surface area (Å²) in [6.45, 7) is 4.12. The molecule has 4 heteroatoms. The fourth-order valence-corrected chi connectivity index (χ4v) is 2.56. The van der Waals surface area contributed by atoms with Gasteiger partial charge in [0.15, 0.2) is 0 Å². The minimum absolute atomic E-state index is 0.176. The van der Waals surface area contributed by atoms with Gasteiger partial charge in [0, 0.05) is 16.6 Å². The molecule has 0 aliphatic rings. The Morgan fingerprint density at radius 1 is 1.19 bits per heavy atom. The number of hydrogen-bond acceptors (Lipinski definition) is 2. The van der Waals surface area contributed by atoms with Crippen molar-refractivity contribution in [1.29, 1.82) is 0 Å². The summed E-state index contributed by atoms with van der Waals surface area (Å²) < 4.78 is 19.7. The van der Waals surface area contributed by atoms with Crippen molar-refractivity contribution in [3.8, 4) is 11.5 Å². The maximum absolute atomic E-state index is 13.3. The molecule has 1 unspecified atom stereocenters. The van der Waals surface area contributed by atoms with Crippen molar-refractivity contribution in [2.45, 2.75) is 32.7 Å². The Hall–Kier alpha value is -1.39. The van der Waals surface area contributed by atoms with Gasteiger partial charge in [0.25, 0.3) is 0 Å². The standard InChI is InChI=1S/C17H19BrFNO/c1-3-15(20)7-12-4-5-16(6-11(12)2)21-17-9-13(18)8-14(19)10-17/h4-6,8-10,15H,3,7,20H2,1-2H3. The molecule has 0 heterocycles. The van der Waals surface area contributed by atoms with Gasteiger partial charge in [-0.3, -0.25) is 0 Å². The van der Waals surface area contributed by atoms with E-state index in [1.807, 2.05) is 25.1 Å². The Bertz CT molecular complexity index is 610. The average Bonchev–Trinajstić information content (AvgIpc) is 2.40. The number of ether oxygens (including phenoxy) is 1. The smallest absolute Gasteiger partial charge is 0.131 e. The molecule has 0 amide bonds. The topological polar surface area (TPSA) is 35.2 Å². The molecule has 112 valence electrons. The van der Waals surface area contributed by atoms with Crippen molar-refractivity contribution in [3.05, 3.63) is 57.8 Å². The molecule has 2 aromatic carbocycles. The third-order valence-corrected chi connectivity index (χ3v) is 3.85. The highest BCUT2D eigenvalue weighted by molar-refractivity contribution is 9.10. The monoisotopic (exact) mass is 351 g/mol. The molecule has 0 radical (unpaired) electrons. The van der Waals surface area contributed by atoms with E-state index in [4.69, 9.17) is 10.5 Å². The number of benzene rings is 2. The van der Waals surface area contributed by atoms with E-state index in [1.165, 1.54) is 17.7 Å². The molecule has 2 nitrogen and oxygen atoms in total. The molecule has 21 heavy (non-hydrogen) atoms. The van der Waals surface area contributed by atoms with Gasteiger partial charge in [0.05, 0.1) is 0 Å². The number of nitrogens with two attached hydrogens (primary N) is 1. The van der Waals surface area contributed by atoms with E-state index in [2.05, 4.69) is 22.9 Å². The Labute approximate surface area is 133 Å². The van der Waals surface area contributed by atoms with Crippen molar-refractivity contribution in [2.24, 2.45) is 5.73 Å². The maximum Gasteiger partial charge on any atom is 0.131 e. The third-order valence-electron chi connectivity index (χ3n) is 3.39. The second-order valence-corrected chi connectivity index (χ2v) is 6.08. The lowest BCUT2D eigenvalue weighted by molar-refractivity contribution is 0.475. The highest BCUT2D eigenvalue weighted by Gasteiger charge is 2.07. The molecule has 0 aliphatic heterocycles. The van der Waals surface area contributed by atoms with Gasteiger partial charge in [0.2, 0.25) is 0 Å². The molecular formula is C17H19BrFNO. The van der Waals surface area contributed by atoms with Crippen molar-refractivity contribution in [1.82, 2.24) is 0 Å². The first-order valence-corrected chi connectivity index (χ1v) is 7.76. The minimum Gasteiger partial charge on any atom is -0.457 e. The minimum atomic E-state index is -0.332. The first kappa shape index (κ1) is 16.0. The van der Waals surface area contributed by atoms with Crippen LogP contribution < -0.4 is 10.5 Å². The van der Waals surface area contributed by atoms with Gasteiger partial charge in [-0.2, -0.15) is 0 Å². The summed E-state index contributed by atoms with van der Waals surface area (Å²) in [5.74, 6) is 0.833. The average molecular weight is 352 g/mol. The third kappa shape index (κ3) is 4.55. The van der Waals surface area contributed by atoms with E-state index >= 15 is 0 Å². The number of halogens is 2. The van der Waals surface area contributed by atoms with Crippen LogP contribution in [0.1, 0.15) is 24.5 Å². The fraction of sp³-hybridized carbons (Fsp3) is 0.294. The molecule has 0 bridgehead atoms. The van der Waals surface area contributed by atoms with Gasteiger partial charge in [-0.05, 0) is 55.2 Å². The van der Waals surface area contributed by atoms with Gasteiger partial charge < -0.3 is 10.5 Å². The van der Waals surface area contributed by atoms with Crippen molar-refractivity contribution in [3.63, 3.8) is 0 Å². The lowest BCUT2D eigenvalue weighted by Gasteiger charge is -2.13. The van der Waals surface area contributed by atoms with Gasteiger partial charge >= 0.3 is 0 Å². The second-order valence-electron chi connectivity index (χ2n) is 5.17. The molecule has 0 aromatic heterocycles. The van der Waals surface area contributed by atoms with E-state index < -0.39 is 0 Å². The Morgan fingerprint density at radius 3 is 2.57 bits per heavy atom. The van der Waals surface area contributed by atoms with E-state index in [9.17, 15) is 4.39 Å². The molecule has 0 fully saturated rings. The number of hydrogen-bond donors (Lipinski definition) is 1. The second kappa shape index (κ2) is 7.05. The molecule has 0 aliphatic carbocycles. The normalized spacial score (nSPS) is 12.2. The van der Waals surface area contributed by atoms with Crippen LogP contribution in [0.25, 0.3) is 0 Å². The van der Waals surface area contributed by atoms with Gasteiger partial charge in [-0.15, -0.1) is 0 Å². The van der Waals surface area contributed by atoms with Crippen LogP contribution in [0.5, 0.6) is 11.5 Å². The molecule has 1 atom stereocenters. The van der Waals surface area contributed by atoms with Crippen LogP contribution in [-0.4, -0.2) is 6.04 Å². The van der Waals surface area contributed by atoms with Crippen LogP contribution in [0.15, 0.2) is 40.9 Å². The number of aryl methyl sites for hydroxylation is 1. The van der Waals surface area contributed by atoms with Crippen LogP contribution in [0.2, 0.25) is 0 Å². The van der Waals surface area contributed by atoms with E-state index in [1.54, 1.807) is 6.07 Å². The Morgan fingerprint density at radius 2 is 1.95 bits per heavy atom. The van der Waals surface area contributed by atoms with Crippen LogP contribution in [0.4, 0.5) is 4.39 Å². The summed E-state index contributed by atoms with van der Waals surface area (Å²) >= 11 is 3.25. The summed E-state index contributed by atoms with van der Waals surface area (Å²) in [4.78, 5) is 0.